The highest BCUT2D eigenvalue weighted by atomic mass is 16.5. The molecule has 2 aliphatic heterocycles. The van der Waals surface area contributed by atoms with Gasteiger partial charge < -0.3 is 15.4 Å². The maximum Gasteiger partial charge on any atom is 0.251 e. The minimum atomic E-state index is 0.0612. The van der Waals surface area contributed by atoms with Crippen LogP contribution in [0, 0.1) is 0 Å². The molecule has 2 fully saturated rings. The van der Waals surface area contributed by atoms with Crippen LogP contribution in [0.2, 0.25) is 0 Å². The number of carbonyl (C=O) groups is 1. The van der Waals surface area contributed by atoms with Gasteiger partial charge in [0.1, 0.15) is 0 Å². The summed E-state index contributed by atoms with van der Waals surface area (Å²) in [6.07, 6.45) is 5.94. The lowest BCUT2D eigenvalue weighted by atomic mass is 9.70. The summed E-state index contributed by atoms with van der Waals surface area (Å²) in [7, 11) is 0. The van der Waals surface area contributed by atoms with E-state index in [4.69, 9.17) is 4.74 Å². The lowest BCUT2D eigenvalue weighted by Gasteiger charge is -2.48. The molecule has 1 spiro atoms. The highest BCUT2D eigenvalue weighted by Crippen LogP contribution is 2.38. The number of hydrogen-bond donors (Lipinski definition) is 2. The van der Waals surface area contributed by atoms with Gasteiger partial charge in [-0.05, 0) is 61.9 Å². The van der Waals surface area contributed by atoms with Crippen molar-refractivity contribution in [1.29, 1.82) is 0 Å². The highest BCUT2D eigenvalue weighted by molar-refractivity contribution is 5.94. The number of amides is 1. The van der Waals surface area contributed by atoms with Crippen LogP contribution in [0.3, 0.4) is 0 Å². The second-order valence-electron chi connectivity index (χ2n) is 6.70. The molecule has 0 aromatic heterocycles. The molecule has 0 radical (unpaired) electrons. The predicted octanol–water partition coefficient (Wildman–Crippen LogP) is 2.12. The summed E-state index contributed by atoms with van der Waals surface area (Å²) >= 11 is 0. The maximum atomic E-state index is 12.5. The van der Waals surface area contributed by atoms with Gasteiger partial charge in [-0.1, -0.05) is 6.07 Å². The normalized spacial score (nSPS) is 26.2. The zero-order chi connectivity index (χ0) is 14.3. The van der Waals surface area contributed by atoms with Crippen LogP contribution in [0.5, 0.6) is 0 Å². The molecule has 1 saturated heterocycles. The molecule has 1 saturated carbocycles. The van der Waals surface area contributed by atoms with Crippen molar-refractivity contribution in [3.63, 3.8) is 0 Å². The summed E-state index contributed by atoms with van der Waals surface area (Å²) in [4.78, 5) is 12.5. The number of ether oxygens (including phenoxy) is 1. The van der Waals surface area contributed by atoms with Gasteiger partial charge in [0, 0.05) is 17.1 Å². The monoisotopic (exact) mass is 286 g/mol. The molecule has 3 aliphatic rings. The van der Waals surface area contributed by atoms with Crippen LogP contribution in [0.25, 0.3) is 0 Å². The van der Waals surface area contributed by atoms with E-state index in [-0.39, 0.29) is 5.91 Å². The van der Waals surface area contributed by atoms with E-state index in [1.165, 1.54) is 24.8 Å². The largest absolute Gasteiger partial charge is 0.372 e. The fraction of sp³-hybridized carbons (Fsp3) is 0.588. The van der Waals surface area contributed by atoms with E-state index in [0.29, 0.717) is 24.8 Å². The Hall–Kier alpha value is -1.39. The van der Waals surface area contributed by atoms with Gasteiger partial charge in [-0.25, -0.2) is 0 Å². The van der Waals surface area contributed by atoms with E-state index >= 15 is 0 Å². The Morgan fingerprint density at radius 2 is 2.14 bits per heavy atom. The lowest BCUT2D eigenvalue weighted by molar-refractivity contribution is 0.0853. The van der Waals surface area contributed by atoms with E-state index < -0.39 is 0 Å². The first-order chi connectivity index (χ1) is 10.2. The second-order valence-corrected chi connectivity index (χ2v) is 6.70. The number of rotatable bonds is 2. The molecule has 2 heterocycles. The van der Waals surface area contributed by atoms with Gasteiger partial charge in [0.15, 0.2) is 0 Å². The van der Waals surface area contributed by atoms with Gasteiger partial charge in [-0.3, -0.25) is 4.79 Å². The molecule has 112 valence electrons. The molecular formula is C17H22N2O2. The van der Waals surface area contributed by atoms with Crippen LogP contribution >= 0.6 is 0 Å². The van der Waals surface area contributed by atoms with E-state index in [9.17, 15) is 4.79 Å². The number of benzene rings is 1. The number of nitrogens with one attached hydrogen (secondary N) is 2. The predicted molar refractivity (Wildman–Crippen MR) is 80.0 cm³/mol. The third-order valence-electron chi connectivity index (χ3n) is 5.26. The summed E-state index contributed by atoms with van der Waals surface area (Å²) in [5, 5.41) is 6.87. The summed E-state index contributed by atoms with van der Waals surface area (Å²) < 4.78 is 5.41. The molecule has 1 aromatic rings. The van der Waals surface area contributed by atoms with Gasteiger partial charge >= 0.3 is 0 Å². The molecule has 1 aromatic carbocycles. The summed E-state index contributed by atoms with van der Waals surface area (Å²) in [6, 6.07) is 6.23. The van der Waals surface area contributed by atoms with E-state index in [2.05, 4.69) is 10.6 Å². The smallest absolute Gasteiger partial charge is 0.251 e. The third-order valence-corrected chi connectivity index (χ3v) is 5.26. The standard InChI is InChI=1S/C17H22N2O2/c20-16(12-2-3-13-10-21-11-14(13)8-12)19-15-4-7-18-17(9-15)5-1-6-17/h2-3,8,15,18H,1,4-7,9-11H2,(H,19,20). The van der Waals surface area contributed by atoms with Crippen LogP contribution in [-0.4, -0.2) is 24.0 Å². The van der Waals surface area contributed by atoms with Crippen molar-refractivity contribution in [2.75, 3.05) is 6.54 Å². The number of hydrogen-bond acceptors (Lipinski definition) is 3. The molecule has 4 heteroatoms. The summed E-state index contributed by atoms with van der Waals surface area (Å²) in [5.41, 5.74) is 3.45. The molecule has 2 N–H and O–H groups in total. The van der Waals surface area contributed by atoms with Crippen molar-refractivity contribution < 1.29 is 9.53 Å². The van der Waals surface area contributed by atoms with Crippen molar-refractivity contribution in [2.45, 2.75) is 56.9 Å². The maximum absolute atomic E-state index is 12.5. The van der Waals surface area contributed by atoms with Gasteiger partial charge in [0.05, 0.1) is 13.2 Å². The van der Waals surface area contributed by atoms with Gasteiger partial charge in [-0.15, -0.1) is 0 Å². The number of fused-ring (bicyclic) bond motifs is 1. The molecule has 4 rings (SSSR count). The zero-order valence-electron chi connectivity index (χ0n) is 12.3. The lowest BCUT2D eigenvalue weighted by Crippen LogP contribution is -2.59. The third kappa shape index (κ3) is 2.47. The summed E-state index contributed by atoms with van der Waals surface area (Å²) in [6.45, 7) is 2.32. The van der Waals surface area contributed by atoms with Crippen molar-refractivity contribution in [2.24, 2.45) is 0 Å². The quantitative estimate of drug-likeness (QED) is 0.875. The first-order valence-corrected chi connectivity index (χ1v) is 8.00. The fourth-order valence-corrected chi connectivity index (χ4v) is 3.85. The molecule has 0 bridgehead atoms. The Kier molecular flexibility index (Phi) is 3.23. The van der Waals surface area contributed by atoms with Crippen molar-refractivity contribution in [3.8, 4) is 0 Å². The van der Waals surface area contributed by atoms with Crippen LogP contribution < -0.4 is 10.6 Å². The average Bonchev–Trinajstić information content (AvgIpc) is 2.93. The van der Waals surface area contributed by atoms with Crippen LogP contribution in [-0.2, 0) is 18.0 Å². The average molecular weight is 286 g/mol. The van der Waals surface area contributed by atoms with Gasteiger partial charge in [0.2, 0.25) is 0 Å². The highest BCUT2D eigenvalue weighted by Gasteiger charge is 2.41. The Morgan fingerprint density at radius 3 is 2.95 bits per heavy atom. The molecular weight excluding hydrogens is 264 g/mol. The van der Waals surface area contributed by atoms with Crippen molar-refractivity contribution in [3.05, 3.63) is 34.9 Å². The van der Waals surface area contributed by atoms with Gasteiger partial charge in [-0.2, -0.15) is 0 Å². The summed E-state index contributed by atoms with van der Waals surface area (Å²) in [5.74, 6) is 0.0612. The molecule has 4 nitrogen and oxygen atoms in total. The molecule has 21 heavy (non-hydrogen) atoms. The fourth-order valence-electron chi connectivity index (χ4n) is 3.85. The first-order valence-electron chi connectivity index (χ1n) is 8.00. The van der Waals surface area contributed by atoms with E-state index in [0.717, 1.165) is 30.5 Å². The number of carbonyl (C=O) groups excluding carboxylic acids is 1. The van der Waals surface area contributed by atoms with Crippen LogP contribution in [0.1, 0.15) is 53.6 Å². The topological polar surface area (TPSA) is 50.4 Å². The Balaban J connectivity index is 1.43. The van der Waals surface area contributed by atoms with Crippen molar-refractivity contribution in [1.82, 2.24) is 10.6 Å². The molecule has 1 aliphatic carbocycles. The van der Waals surface area contributed by atoms with E-state index in [1.54, 1.807) is 0 Å². The Bertz CT molecular complexity index is 566. The molecule has 1 atom stereocenters. The SMILES string of the molecule is O=C(NC1CCNC2(CCC2)C1)c1ccc2c(c1)COC2. The number of piperidine rings is 1. The molecule has 1 unspecified atom stereocenters. The first kappa shape index (κ1) is 13.3. The van der Waals surface area contributed by atoms with Crippen LogP contribution in [0.4, 0.5) is 0 Å². The van der Waals surface area contributed by atoms with Crippen molar-refractivity contribution >= 4 is 5.91 Å². The van der Waals surface area contributed by atoms with Crippen LogP contribution in [0.15, 0.2) is 18.2 Å². The Labute approximate surface area is 125 Å². The van der Waals surface area contributed by atoms with Gasteiger partial charge in [0.25, 0.3) is 5.91 Å². The zero-order valence-corrected chi connectivity index (χ0v) is 12.3. The molecule has 1 amide bonds. The van der Waals surface area contributed by atoms with E-state index in [1.807, 2.05) is 18.2 Å². The Morgan fingerprint density at radius 1 is 1.29 bits per heavy atom. The minimum absolute atomic E-state index is 0.0612. The minimum Gasteiger partial charge on any atom is -0.372 e. The second kappa shape index (κ2) is 5.11.